The van der Waals surface area contributed by atoms with Crippen LogP contribution in [0.4, 0.5) is 0 Å². The summed E-state index contributed by atoms with van der Waals surface area (Å²) < 4.78 is 5.83. The van der Waals surface area contributed by atoms with Crippen molar-refractivity contribution in [1.82, 2.24) is 0 Å². The monoisotopic (exact) mass is 328 g/mol. The summed E-state index contributed by atoms with van der Waals surface area (Å²) in [6.45, 7) is 19.2. The number of hydrogen-bond acceptors (Lipinski definition) is 1. The molecule has 0 aliphatic carbocycles. The first kappa shape index (κ1) is 17.4. The van der Waals surface area contributed by atoms with E-state index < -0.39 is 8.32 Å². The van der Waals surface area contributed by atoms with Crippen LogP contribution in [0.5, 0.6) is 0 Å². The summed E-state index contributed by atoms with van der Waals surface area (Å²) in [5.74, 6) is 0. The standard InChI is InChI=1S/C10H21OSi.BrH.Zn/c1-9(2)8-11-12(6,7)10(3,4)5;;/h1H,8H2,2-7H3;1H;/q-1;;+2/p-1. The van der Waals surface area contributed by atoms with Gasteiger partial charge in [-0.25, -0.2) is 5.57 Å². The van der Waals surface area contributed by atoms with Crippen LogP contribution in [0.1, 0.15) is 27.7 Å². The van der Waals surface area contributed by atoms with Gasteiger partial charge in [0.15, 0.2) is 8.32 Å². The van der Waals surface area contributed by atoms with Gasteiger partial charge in [0.1, 0.15) is 0 Å². The summed E-state index contributed by atoms with van der Waals surface area (Å²) >= 11 is 4.25. The van der Waals surface area contributed by atoms with Crippen molar-refractivity contribution in [2.45, 2.75) is 45.8 Å². The third kappa shape index (κ3) is 7.33. The van der Waals surface area contributed by atoms with Gasteiger partial charge in [-0.2, -0.15) is 0 Å². The fourth-order valence-electron chi connectivity index (χ4n) is 0.511. The zero-order valence-electron chi connectivity index (χ0n) is 10.3. The average Bonchev–Trinajstić information content (AvgIpc) is 2.03. The molecule has 0 amide bonds. The Labute approximate surface area is 107 Å². The minimum absolute atomic E-state index is 0.280. The molecule has 14 heavy (non-hydrogen) atoms. The third-order valence-corrected chi connectivity index (χ3v) is 6.95. The van der Waals surface area contributed by atoms with Gasteiger partial charge in [0, 0.05) is 6.61 Å². The van der Waals surface area contributed by atoms with Gasteiger partial charge in [-0.1, -0.05) is 27.7 Å². The second kappa shape index (κ2) is 7.32. The molecule has 0 heterocycles. The Balaban J connectivity index is 0. The van der Waals surface area contributed by atoms with Crippen LogP contribution in [0.2, 0.25) is 18.1 Å². The number of rotatable bonds is 3. The molecule has 0 N–H and O–H groups in total. The molecule has 0 atom stereocenters. The summed E-state index contributed by atoms with van der Waals surface area (Å²) in [5, 5.41) is 0.280. The van der Waals surface area contributed by atoms with Gasteiger partial charge in [0.2, 0.25) is 0 Å². The second-order valence-corrected chi connectivity index (χ2v) is 9.70. The SMILES string of the molecule is [CH-]=C(C)CO[Si](C)(C)C(C)(C)C.[Zn+][Br]. The molecule has 0 aromatic rings. The van der Waals surface area contributed by atoms with Crippen LogP contribution in [0.25, 0.3) is 0 Å². The quantitative estimate of drug-likeness (QED) is 0.556. The predicted octanol–water partition coefficient (Wildman–Crippen LogP) is 4.23. The van der Waals surface area contributed by atoms with E-state index in [1.165, 1.54) is 16.3 Å². The van der Waals surface area contributed by atoms with E-state index >= 15 is 0 Å². The molecule has 0 saturated heterocycles. The van der Waals surface area contributed by atoms with Crippen LogP contribution in [-0.2, 0) is 20.8 Å². The Morgan fingerprint density at radius 1 is 1.36 bits per heavy atom. The van der Waals surface area contributed by atoms with Crippen molar-refractivity contribution < 1.29 is 20.8 Å². The summed E-state index contributed by atoms with van der Waals surface area (Å²) in [7, 11) is -1.57. The maximum atomic E-state index is 5.83. The van der Waals surface area contributed by atoms with Crippen LogP contribution >= 0.6 is 13.6 Å². The first-order valence-electron chi connectivity index (χ1n) is 4.65. The topological polar surface area (TPSA) is 9.23 Å². The Morgan fingerprint density at radius 3 is 1.93 bits per heavy atom. The Kier molecular flexibility index (Phi) is 9.11. The minimum atomic E-state index is -1.57. The fraction of sp³-hybridized carbons (Fsp3) is 0.800. The van der Waals surface area contributed by atoms with Crippen molar-refractivity contribution in [2.24, 2.45) is 0 Å². The third-order valence-electron chi connectivity index (χ3n) is 2.47. The van der Waals surface area contributed by atoms with E-state index in [9.17, 15) is 0 Å². The van der Waals surface area contributed by atoms with E-state index in [0.29, 0.717) is 6.61 Å². The molecule has 4 heteroatoms. The fourth-order valence-corrected chi connectivity index (χ4v) is 1.53. The van der Waals surface area contributed by atoms with Crippen LogP contribution < -0.4 is 0 Å². The molecule has 80 valence electrons. The zero-order chi connectivity index (χ0) is 12.0. The van der Waals surface area contributed by atoms with Crippen LogP contribution in [0.15, 0.2) is 5.57 Å². The van der Waals surface area contributed by atoms with E-state index in [-0.39, 0.29) is 5.04 Å². The molecule has 0 saturated carbocycles. The Morgan fingerprint density at radius 2 is 1.71 bits per heavy atom. The average molecular weight is 331 g/mol. The molecule has 0 aromatic carbocycles. The van der Waals surface area contributed by atoms with Crippen LogP contribution in [0.3, 0.4) is 0 Å². The maximum absolute atomic E-state index is 5.83. The molecule has 0 aliphatic heterocycles. The van der Waals surface area contributed by atoms with Crippen LogP contribution in [-0.4, -0.2) is 14.9 Å². The molecule has 1 nitrogen and oxygen atoms in total. The van der Waals surface area contributed by atoms with Crippen molar-refractivity contribution in [2.75, 3.05) is 6.61 Å². The van der Waals surface area contributed by atoms with Gasteiger partial charge in [0.05, 0.1) is 0 Å². The number of hydrogen-bond donors (Lipinski definition) is 0. The first-order valence-corrected chi connectivity index (χ1v) is 14.5. The van der Waals surface area contributed by atoms with E-state index in [2.05, 4.69) is 47.5 Å². The normalized spacial score (nSPS) is 11.8. The van der Waals surface area contributed by atoms with Gasteiger partial charge in [-0.05, 0) is 18.1 Å². The molecule has 0 rings (SSSR count). The van der Waals surface area contributed by atoms with Crippen molar-refractivity contribution >= 4 is 21.9 Å². The molecule has 0 unspecified atom stereocenters. The number of halogens is 1. The molecule has 0 fully saturated rings. The Bertz CT molecular complexity index is 175. The summed E-state index contributed by atoms with van der Waals surface area (Å²) in [5.41, 5.74) is 0.861. The molecule has 0 bridgehead atoms. The van der Waals surface area contributed by atoms with Crippen molar-refractivity contribution in [1.29, 1.82) is 0 Å². The molecule has 0 spiro atoms. The molecule has 0 aromatic heterocycles. The molecular weight excluding hydrogens is 309 g/mol. The van der Waals surface area contributed by atoms with Gasteiger partial charge >= 0.3 is 30.0 Å². The van der Waals surface area contributed by atoms with Gasteiger partial charge in [-0.3, -0.25) is 0 Å². The van der Waals surface area contributed by atoms with Crippen molar-refractivity contribution in [3.05, 3.63) is 12.2 Å². The van der Waals surface area contributed by atoms with Gasteiger partial charge in [-0.15, -0.1) is 0 Å². The van der Waals surface area contributed by atoms with Gasteiger partial charge < -0.3 is 11.0 Å². The van der Waals surface area contributed by atoms with Crippen LogP contribution in [0, 0.1) is 6.58 Å². The second-order valence-electron chi connectivity index (χ2n) is 4.90. The van der Waals surface area contributed by atoms with Crippen molar-refractivity contribution in [3.63, 3.8) is 0 Å². The molecule has 0 aliphatic rings. The Hall–Kier alpha value is 1.02. The van der Waals surface area contributed by atoms with Gasteiger partial charge in [0.25, 0.3) is 0 Å². The summed E-state index contributed by atoms with van der Waals surface area (Å²) in [4.78, 5) is 0. The zero-order valence-corrected chi connectivity index (χ0v) is 15.8. The van der Waals surface area contributed by atoms with E-state index in [1.807, 2.05) is 6.92 Å². The van der Waals surface area contributed by atoms with E-state index in [4.69, 9.17) is 11.0 Å². The van der Waals surface area contributed by atoms with E-state index in [1.54, 1.807) is 0 Å². The molecular formula is C10H21BrOSiZn. The van der Waals surface area contributed by atoms with E-state index in [0.717, 1.165) is 5.57 Å². The summed E-state index contributed by atoms with van der Waals surface area (Å²) in [6.07, 6.45) is 0. The predicted molar refractivity (Wildman–Crippen MR) is 65.6 cm³/mol. The summed E-state index contributed by atoms with van der Waals surface area (Å²) in [6, 6.07) is 0. The molecule has 0 radical (unpaired) electrons. The van der Waals surface area contributed by atoms with Crippen molar-refractivity contribution in [3.8, 4) is 0 Å². The first-order chi connectivity index (χ1) is 6.17.